The van der Waals surface area contributed by atoms with Crippen LogP contribution < -0.4 is 5.73 Å². The van der Waals surface area contributed by atoms with Crippen molar-refractivity contribution in [2.45, 2.75) is 44.0 Å². The number of halogens is 2. The van der Waals surface area contributed by atoms with Crippen LogP contribution in [-0.4, -0.2) is 62.6 Å². The minimum Gasteiger partial charge on any atom is -0.387 e. The zero-order valence-corrected chi connectivity index (χ0v) is 18.0. The highest BCUT2D eigenvalue weighted by atomic mass is 19.1. The number of piperidine rings is 2. The van der Waals surface area contributed by atoms with Crippen molar-refractivity contribution in [3.05, 3.63) is 53.7 Å². The standard InChI is InChI=1S/C23H29F2N5O2/c24-18-1-2-19(28-14-18)21(31)17-4-9-30(10-5-17)22(32)23(25)6-11-29(12-7-23)15-16-3-8-27-20(26)13-16/h1-3,8,13-14,17,21,31H,4-7,9-12,15H2,(H2,26,27). The van der Waals surface area contributed by atoms with Crippen LogP contribution in [0.5, 0.6) is 0 Å². The van der Waals surface area contributed by atoms with E-state index in [-0.39, 0.29) is 18.8 Å². The molecule has 3 N–H and O–H groups in total. The predicted molar refractivity (Wildman–Crippen MR) is 115 cm³/mol. The molecule has 4 heterocycles. The van der Waals surface area contributed by atoms with E-state index < -0.39 is 23.5 Å². The van der Waals surface area contributed by atoms with Crippen LogP contribution in [0.15, 0.2) is 36.7 Å². The second-order valence-electron chi connectivity index (χ2n) is 8.81. The van der Waals surface area contributed by atoms with Crippen LogP contribution in [0.1, 0.15) is 43.0 Å². The highest BCUT2D eigenvalue weighted by Gasteiger charge is 2.45. The number of hydrogen-bond donors (Lipinski definition) is 2. The molecule has 2 aliphatic heterocycles. The summed E-state index contributed by atoms with van der Waals surface area (Å²) in [5.74, 6) is -0.538. The quantitative estimate of drug-likeness (QED) is 0.734. The number of nitrogen functional groups attached to an aromatic ring is 1. The molecule has 7 nitrogen and oxygen atoms in total. The Morgan fingerprint density at radius 2 is 1.91 bits per heavy atom. The van der Waals surface area contributed by atoms with Crippen molar-refractivity contribution in [2.24, 2.45) is 5.92 Å². The van der Waals surface area contributed by atoms with Gasteiger partial charge in [0.1, 0.15) is 11.6 Å². The molecule has 2 aliphatic rings. The van der Waals surface area contributed by atoms with Gasteiger partial charge in [0, 0.05) is 51.8 Å². The lowest BCUT2D eigenvalue weighted by atomic mass is 9.87. The number of hydrogen-bond acceptors (Lipinski definition) is 6. The number of aliphatic hydroxyl groups excluding tert-OH is 1. The molecule has 1 atom stereocenters. The Balaban J connectivity index is 1.28. The maximum Gasteiger partial charge on any atom is 0.260 e. The topological polar surface area (TPSA) is 95.6 Å². The van der Waals surface area contributed by atoms with Crippen LogP contribution in [0.3, 0.4) is 0 Å². The molecule has 0 bridgehead atoms. The normalized spacial score (nSPS) is 20.8. The number of amides is 1. The molecule has 32 heavy (non-hydrogen) atoms. The lowest BCUT2D eigenvalue weighted by molar-refractivity contribution is -0.149. The molecule has 0 saturated carbocycles. The van der Waals surface area contributed by atoms with E-state index in [1.54, 1.807) is 11.1 Å². The van der Waals surface area contributed by atoms with E-state index in [1.165, 1.54) is 12.1 Å². The van der Waals surface area contributed by atoms with Crippen LogP contribution in [0.4, 0.5) is 14.6 Å². The summed E-state index contributed by atoms with van der Waals surface area (Å²) in [4.78, 5) is 24.6. The Kier molecular flexibility index (Phi) is 6.66. The molecule has 1 unspecified atom stereocenters. The van der Waals surface area contributed by atoms with E-state index in [9.17, 15) is 14.3 Å². The second kappa shape index (κ2) is 9.46. The third-order valence-corrected chi connectivity index (χ3v) is 6.61. The first kappa shape index (κ1) is 22.5. The molecule has 2 aromatic rings. The highest BCUT2D eigenvalue weighted by Crippen LogP contribution is 2.34. The number of pyridine rings is 2. The van der Waals surface area contributed by atoms with E-state index >= 15 is 4.39 Å². The molecule has 4 rings (SSSR count). The van der Waals surface area contributed by atoms with Crippen molar-refractivity contribution >= 4 is 11.7 Å². The average Bonchev–Trinajstić information content (AvgIpc) is 2.80. The predicted octanol–water partition coefficient (Wildman–Crippen LogP) is 2.47. The number of rotatable bonds is 5. The smallest absolute Gasteiger partial charge is 0.260 e. The fourth-order valence-corrected chi connectivity index (χ4v) is 4.64. The molecule has 2 fully saturated rings. The van der Waals surface area contributed by atoms with Gasteiger partial charge >= 0.3 is 0 Å². The maximum absolute atomic E-state index is 15.5. The Labute approximate surface area is 186 Å². The lowest BCUT2D eigenvalue weighted by Crippen LogP contribution is -2.54. The van der Waals surface area contributed by atoms with Gasteiger partial charge in [-0.3, -0.25) is 14.7 Å². The van der Waals surface area contributed by atoms with Gasteiger partial charge < -0.3 is 15.7 Å². The molecule has 2 saturated heterocycles. The van der Waals surface area contributed by atoms with Gasteiger partial charge in [-0.15, -0.1) is 0 Å². The number of nitrogens with zero attached hydrogens (tertiary/aromatic N) is 4. The molecule has 0 aliphatic carbocycles. The molecule has 172 valence electrons. The molecule has 2 aromatic heterocycles. The third kappa shape index (κ3) is 5.05. The van der Waals surface area contributed by atoms with E-state index in [0.717, 1.165) is 11.8 Å². The molecule has 0 aromatic carbocycles. The Morgan fingerprint density at radius 1 is 1.19 bits per heavy atom. The number of aliphatic hydroxyl groups is 1. The number of alkyl halides is 1. The summed E-state index contributed by atoms with van der Waals surface area (Å²) in [6.45, 7) is 2.43. The molecule has 0 radical (unpaired) electrons. The number of carbonyl (C=O) groups is 1. The molecular weight excluding hydrogens is 416 g/mol. The summed E-state index contributed by atoms with van der Waals surface area (Å²) in [6.07, 6.45) is 3.35. The number of anilines is 1. The lowest BCUT2D eigenvalue weighted by Gasteiger charge is -2.41. The fourth-order valence-electron chi connectivity index (χ4n) is 4.64. The van der Waals surface area contributed by atoms with Gasteiger partial charge in [-0.25, -0.2) is 13.8 Å². The summed E-state index contributed by atoms with van der Waals surface area (Å²) in [7, 11) is 0. The van der Waals surface area contributed by atoms with Gasteiger partial charge in [-0.05, 0) is 48.6 Å². The maximum atomic E-state index is 15.5. The molecular formula is C23H29F2N5O2. The van der Waals surface area contributed by atoms with Crippen LogP contribution >= 0.6 is 0 Å². The number of nitrogens with two attached hydrogens (primary N) is 1. The zero-order chi connectivity index (χ0) is 22.7. The number of aromatic nitrogens is 2. The van der Waals surface area contributed by atoms with Crippen LogP contribution in [0.2, 0.25) is 0 Å². The van der Waals surface area contributed by atoms with Crippen molar-refractivity contribution in [3.63, 3.8) is 0 Å². The van der Waals surface area contributed by atoms with Crippen LogP contribution in [0, 0.1) is 11.7 Å². The summed E-state index contributed by atoms with van der Waals surface area (Å²) in [6, 6.07) is 6.44. The Morgan fingerprint density at radius 3 is 2.53 bits per heavy atom. The first-order chi connectivity index (χ1) is 15.3. The number of likely N-dealkylation sites (tertiary alicyclic amines) is 2. The van der Waals surface area contributed by atoms with Gasteiger partial charge in [0.25, 0.3) is 5.91 Å². The van der Waals surface area contributed by atoms with E-state index in [1.807, 2.05) is 12.1 Å². The second-order valence-corrected chi connectivity index (χ2v) is 8.81. The highest BCUT2D eigenvalue weighted by molar-refractivity contribution is 5.85. The van der Waals surface area contributed by atoms with Crippen molar-refractivity contribution < 1.29 is 18.7 Å². The van der Waals surface area contributed by atoms with E-state index in [2.05, 4.69) is 14.9 Å². The van der Waals surface area contributed by atoms with Crippen LogP contribution in [0.25, 0.3) is 0 Å². The van der Waals surface area contributed by atoms with Gasteiger partial charge in [0.05, 0.1) is 18.0 Å². The van der Waals surface area contributed by atoms with Crippen molar-refractivity contribution in [1.29, 1.82) is 0 Å². The third-order valence-electron chi connectivity index (χ3n) is 6.61. The Bertz CT molecular complexity index is 926. The molecule has 1 amide bonds. The zero-order valence-electron chi connectivity index (χ0n) is 18.0. The fraction of sp³-hybridized carbons (Fsp3) is 0.522. The van der Waals surface area contributed by atoms with Crippen LogP contribution in [-0.2, 0) is 11.3 Å². The minimum atomic E-state index is -1.85. The van der Waals surface area contributed by atoms with Gasteiger partial charge in [-0.1, -0.05) is 0 Å². The Hall–Kier alpha value is -2.65. The van der Waals surface area contributed by atoms with Gasteiger partial charge in [-0.2, -0.15) is 0 Å². The molecule has 0 spiro atoms. The molecule has 9 heteroatoms. The first-order valence-corrected chi connectivity index (χ1v) is 11.0. The summed E-state index contributed by atoms with van der Waals surface area (Å²) in [5, 5.41) is 10.5. The van der Waals surface area contributed by atoms with Crippen molar-refractivity contribution in [3.8, 4) is 0 Å². The van der Waals surface area contributed by atoms with E-state index in [0.29, 0.717) is 57.1 Å². The first-order valence-electron chi connectivity index (χ1n) is 11.0. The summed E-state index contributed by atoms with van der Waals surface area (Å²) < 4.78 is 28.6. The van der Waals surface area contributed by atoms with Crippen molar-refractivity contribution in [2.75, 3.05) is 31.9 Å². The van der Waals surface area contributed by atoms with Gasteiger partial charge in [0.15, 0.2) is 5.67 Å². The SMILES string of the molecule is Nc1cc(CN2CCC(F)(C(=O)N3CCC(C(O)c4ccc(F)cn4)CC3)CC2)ccn1. The number of carbonyl (C=O) groups excluding carboxylic acids is 1. The average molecular weight is 446 g/mol. The van der Waals surface area contributed by atoms with E-state index in [4.69, 9.17) is 5.73 Å². The minimum absolute atomic E-state index is 0.0952. The van der Waals surface area contributed by atoms with Gasteiger partial charge in [0.2, 0.25) is 0 Å². The van der Waals surface area contributed by atoms with Crippen molar-refractivity contribution in [1.82, 2.24) is 19.8 Å². The summed E-state index contributed by atoms with van der Waals surface area (Å²) >= 11 is 0. The summed E-state index contributed by atoms with van der Waals surface area (Å²) in [5.41, 5.74) is 5.31. The monoisotopic (exact) mass is 445 g/mol. The largest absolute Gasteiger partial charge is 0.387 e.